The van der Waals surface area contributed by atoms with Gasteiger partial charge in [0.2, 0.25) is 0 Å². The number of azo groups is 1. The number of halogens is 3. The van der Waals surface area contributed by atoms with Crippen molar-refractivity contribution in [2.24, 2.45) is 10.2 Å². The SMILES string of the molecule is FC(F)(F)C1=CC(c2ccccn2)N=N1. The van der Waals surface area contributed by atoms with Gasteiger partial charge in [-0.1, -0.05) is 6.07 Å². The Labute approximate surface area is 83.4 Å². The first-order valence-electron chi connectivity index (χ1n) is 4.18. The van der Waals surface area contributed by atoms with Crippen LogP contribution in [-0.2, 0) is 0 Å². The Morgan fingerprint density at radius 1 is 1.20 bits per heavy atom. The minimum atomic E-state index is -4.44. The van der Waals surface area contributed by atoms with E-state index in [1.165, 1.54) is 6.20 Å². The van der Waals surface area contributed by atoms with Gasteiger partial charge in [-0.3, -0.25) is 4.98 Å². The molecule has 3 nitrogen and oxygen atoms in total. The fraction of sp³-hybridized carbons (Fsp3) is 0.222. The van der Waals surface area contributed by atoms with Crippen LogP contribution in [0.3, 0.4) is 0 Å². The topological polar surface area (TPSA) is 37.6 Å². The summed E-state index contributed by atoms with van der Waals surface area (Å²) < 4.78 is 36.6. The molecule has 1 atom stereocenters. The van der Waals surface area contributed by atoms with Crippen molar-refractivity contribution in [1.82, 2.24) is 4.98 Å². The van der Waals surface area contributed by atoms with Gasteiger partial charge < -0.3 is 0 Å². The summed E-state index contributed by atoms with van der Waals surface area (Å²) in [7, 11) is 0. The number of alkyl halides is 3. The van der Waals surface area contributed by atoms with E-state index in [9.17, 15) is 13.2 Å². The summed E-state index contributed by atoms with van der Waals surface area (Å²) in [5, 5.41) is 6.59. The minimum absolute atomic E-state index is 0.459. The molecule has 1 aliphatic heterocycles. The van der Waals surface area contributed by atoms with Crippen molar-refractivity contribution in [2.45, 2.75) is 12.2 Å². The highest BCUT2D eigenvalue weighted by molar-refractivity contribution is 5.22. The molecule has 0 saturated heterocycles. The number of nitrogens with zero attached hydrogens (tertiary/aromatic N) is 3. The van der Waals surface area contributed by atoms with Gasteiger partial charge in [-0.2, -0.15) is 23.4 Å². The van der Waals surface area contributed by atoms with Gasteiger partial charge >= 0.3 is 6.18 Å². The zero-order valence-corrected chi connectivity index (χ0v) is 7.44. The molecule has 1 unspecified atom stereocenters. The predicted molar refractivity (Wildman–Crippen MR) is 46.0 cm³/mol. The van der Waals surface area contributed by atoms with Crippen LogP contribution < -0.4 is 0 Å². The molecule has 0 N–H and O–H groups in total. The molecule has 2 rings (SSSR count). The normalized spacial score (nSPS) is 20.5. The van der Waals surface area contributed by atoms with Crippen molar-refractivity contribution in [3.63, 3.8) is 0 Å². The second-order valence-corrected chi connectivity index (χ2v) is 2.96. The van der Waals surface area contributed by atoms with Gasteiger partial charge in [0.05, 0.1) is 5.69 Å². The lowest BCUT2D eigenvalue weighted by Gasteiger charge is -2.02. The van der Waals surface area contributed by atoms with Crippen molar-refractivity contribution in [2.75, 3.05) is 0 Å². The average molecular weight is 213 g/mol. The second-order valence-electron chi connectivity index (χ2n) is 2.96. The lowest BCUT2D eigenvalue weighted by atomic mass is 10.2. The van der Waals surface area contributed by atoms with Crippen molar-refractivity contribution >= 4 is 0 Å². The number of aromatic nitrogens is 1. The number of pyridine rings is 1. The molecule has 0 aliphatic carbocycles. The molecule has 6 heteroatoms. The van der Waals surface area contributed by atoms with Gasteiger partial charge in [-0.15, -0.1) is 0 Å². The van der Waals surface area contributed by atoms with E-state index in [0.717, 1.165) is 6.08 Å². The monoisotopic (exact) mass is 213 g/mol. The number of allylic oxidation sites excluding steroid dienone is 1. The van der Waals surface area contributed by atoms with Crippen molar-refractivity contribution in [3.8, 4) is 0 Å². The Morgan fingerprint density at radius 3 is 2.53 bits per heavy atom. The molecule has 1 aromatic rings. The summed E-state index contributed by atoms with van der Waals surface area (Å²) in [4.78, 5) is 3.91. The Kier molecular flexibility index (Phi) is 2.26. The highest BCUT2D eigenvalue weighted by atomic mass is 19.4. The zero-order chi connectivity index (χ0) is 10.9. The molecular formula is C9H6F3N3. The third kappa shape index (κ3) is 2.03. The first-order chi connectivity index (χ1) is 7.07. The summed E-state index contributed by atoms with van der Waals surface area (Å²) in [6.45, 7) is 0. The van der Waals surface area contributed by atoms with Crippen LogP contribution in [0.5, 0.6) is 0 Å². The summed E-state index contributed by atoms with van der Waals surface area (Å²) in [6, 6.07) is 4.27. The molecule has 0 amide bonds. The van der Waals surface area contributed by atoms with Crippen LogP contribution in [0.15, 0.2) is 46.4 Å². The first-order valence-corrected chi connectivity index (χ1v) is 4.18. The summed E-state index contributed by atoms with van der Waals surface area (Å²) in [6.07, 6.45) is -1.97. The molecule has 0 saturated carbocycles. The van der Waals surface area contributed by atoms with Gasteiger partial charge in [0.15, 0.2) is 5.70 Å². The molecule has 1 aliphatic rings. The van der Waals surface area contributed by atoms with Gasteiger partial charge in [0.25, 0.3) is 0 Å². The van der Waals surface area contributed by atoms with E-state index in [4.69, 9.17) is 0 Å². The van der Waals surface area contributed by atoms with Crippen LogP contribution in [0.1, 0.15) is 11.7 Å². The van der Waals surface area contributed by atoms with Crippen LogP contribution in [0, 0.1) is 0 Å². The van der Waals surface area contributed by atoms with Crippen molar-refractivity contribution in [3.05, 3.63) is 41.9 Å². The average Bonchev–Trinajstić information content (AvgIpc) is 2.67. The van der Waals surface area contributed by atoms with E-state index in [-0.39, 0.29) is 0 Å². The third-order valence-electron chi connectivity index (χ3n) is 1.89. The van der Waals surface area contributed by atoms with Crippen LogP contribution in [0.4, 0.5) is 13.2 Å². The van der Waals surface area contributed by atoms with Gasteiger partial charge in [-0.25, -0.2) is 0 Å². The Morgan fingerprint density at radius 2 is 2.00 bits per heavy atom. The highest BCUT2D eigenvalue weighted by Gasteiger charge is 2.37. The highest BCUT2D eigenvalue weighted by Crippen LogP contribution is 2.35. The lowest BCUT2D eigenvalue weighted by Crippen LogP contribution is -2.08. The van der Waals surface area contributed by atoms with Crippen LogP contribution >= 0.6 is 0 Å². The maximum atomic E-state index is 12.2. The number of hydrogen-bond acceptors (Lipinski definition) is 3. The first kappa shape index (κ1) is 9.82. The summed E-state index contributed by atoms with van der Waals surface area (Å²) in [5.41, 5.74) is -0.501. The molecule has 0 fully saturated rings. The van der Waals surface area contributed by atoms with E-state index in [1.807, 2.05) is 0 Å². The molecule has 0 spiro atoms. The predicted octanol–water partition coefficient (Wildman–Crippen LogP) is 3.03. The Bertz CT molecular complexity index is 408. The van der Waals surface area contributed by atoms with Crippen LogP contribution in [0.2, 0.25) is 0 Å². The van der Waals surface area contributed by atoms with Crippen molar-refractivity contribution in [1.29, 1.82) is 0 Å². The third-order valence-corrected chi connectivity index (χ3v) is 1.89. The zero-order valence-electron chi connectivity index (χ0n) is 7.44. The standard InChI is InChI=1S/C9H6F3N3/c10-9(11,12)8-5-7(14-15-8)6-3-1-2-4-13-6/h1-5,7H. The number of rotatable bonds is 1. The molecule has 1 aromatic heterocycles. The molecular weight excluding hydrogens is 207 g/mol. The van der Waals surface area contributed by atoms with Crippen LogP contribution in [-0.4, -0.2) is 11.2 Å². The molecule has 2 heterocycles. The van der Waals surface area contributed by atoms with Crippen molar-refractivity contribution < 1.29 is 13.2 Å². The maximum Gasteiger partial charge on any atom is 0.434 e. The van der Waals surface area contributed by atoms with E-state index in [1.54, 1.807) is 18.2 Å². The Balaban J connectivity index is 2.25. The van der Waals surface area contributed by atoms with Gasteiger partial charge in [0, 0.05) is 6.20 Å². The minimum Gasteiger partial charge on any atom is -0.259 e. The van der Waals surface area contributed by atoms with Gasteiger partial charge in [-0.05, 0) is 18.2 Å². The Hall–Kier alpha value is -1.72. The fourth-order valence-corrected chi connectivity index (χ4v) is 1.19. The fourth-order valence-electron chi connectivity index (χ4n) is 1.19. The van der Waals surface area contributed by atoms with E-state index < -0.39 is 17.9 Å². The molecule has 0 aromatic carbocycles. The lowest BCUT2D eigenvalue weighted by molar-refractivity contribution is -0.0925. The van der Waals surface area contributed by atoms with E-state index in [2.05, 4.69) is 15.2 Å². The quantitative estimate of drug-likeness (QED) is 0.706. The molecule has 15 heavy (non-hydrogen) atoms. The summed E-state index contributed by atoms with van der Waals surface area (Å²) in [5.74, 6) is 0. The smallest absolute Gasteiger partial charge is 0.259 e. The molecule has 78 valence electrons. The number of hydrogen-bond donors (Lipinski definition) is 0. The van der Waals surface area contributed by atoms with Gasteiger partial charge in [0.1, 0.15) is 6.04 Å². The van der Waals surface area contributed by atoms with E-state index >= 15 is 0 Å². The largest absolute Gasteiger partial charge is 0.434 e. The molecule has 0 radical (unpaired) electrons. The molecule has 0 bridgehead atoms. The van der Waals surface area contributed by atoms with E-state index in [0.29, 0.717) is 5.69 Å². The second kappa shape index (κ2) is 3.45. The van der Waals surface area contributed by atoms with Crippen LogP contribution in [0.25, 0.3) is 0 Å². The summed E-state index contributed by atoms with van der Waals surface area (Å²) >= 11 is 0. The maximum absolute atomic E-state index is 12.2.